The molecule has 0 atom stereocenters. The molecular weight excluding hydrogens is 336 g/mol. The first-order chi connectivity index (χ1) is 9.38. The summed E-state index contributed by atoms with van der Waals surface area (Å²) in [6.45, 7) is 0.194. The Morgan fingerprint density at radius 2 is 1.90 bits per heavy atom. The van der Waals surface area contributed by atoms with Crippen LogP contribution < -0.4 is 10.5 Å². The zero-order chi connectivity index (χ0) is 14.8. The van der Waals surface area contributed by atoms with Gasteiger partial charge < -0.3 is 5.73 Å². The maximum atomic E-state index is 12.1. The molecule has 0 unspecified atom stereocenters. The van der Waals surface area contributed by atoms with Crippen LogP contribution in [0.2, 0.25) is 5.02 Å². The monoisotopic (exact) mass is 346 g/mol. The molecule has 0 amide bonds. The fourth-order valence-electron chi connectivity index (χ4n) is 1.45. The Bertz CT molecular complexity index is 723. The van der Waals surface area contributed by atoms with Crippen molar-refractivity contribution in [1.29, 1.82) is 0 Å². The van der Waals surface area contributed by atoms with Crippen LogP contribution in [0.1, 0.15) is 10.4 Å². The van der Waals surface area contributed by atoms with E-state index in [1.165, 1.54) is 6.07 Å². The maximum absolute atomic E-state index is 12.1. The molecule has 20 heavy (non-hydrogen) atoms. The quantitative estimate of drug-likeness (QED) is 0.816. The lowest BCUT2D eigenvalue weighted by atomic mass is 10.2. The van der Waals surface area contributed by atoms with Crippen molar-refractivity contribution < 1.29 is 8.42 Å². The van der Waals surface area contributed by atoms with Crippen LogP contribution in [0.4, 0.5) is 0 Å². The Labute approximate surface area is 131 Å². The molecule has 2 aromatic rings. The molecule has 0 bridgehead atoms. The molecular formula is C12H11ClN2O2S3. The second kappa shape index (κ2) is 6.19. The normalized spacial score (nSPS) is 11.4. The number of benzene rings is 1. The Morgan fingerprint density at radius 3 is 2.45 bits per heavy atom. The van der Waals surface area contributed by atoms with Gasteiger partial charge in [-0.15, -0.1) is 11.3 Å². The SMILES string of the molecule is NC(=S)c1ccc(S(=O)(=O)NCc2ccc(Cl)cc2)s1. The molecule has 8 heteroatoms. The summed E-state index contributed by atoms with van der Waals surface area (Å²) in [5, 5.41) is 0.607. The number of thiocarbonyl (C=S) groups is 1. The van der Waals surface area contributed by atoms with Crippen LogP contribution >= 0.6 is 35.2 Å². The lowest BCUT2D eigenvalue weighted by Gasteiger charge is -2.05. The van der Waals surface area contributed by atoms with Gasteiger partial charge in [0.05, 0.1) is 4.88 Å². The highest BCUT2D eigenvalue weighted by atomic mass is 35.5. The summed E-state index contributed by atoms with van der Waals surface area (Å²) in [5.74, 6) is 0. The summed E-state index contributed by atoms with van der Waals surface area (Å²) in [5.41, 5.74) is 6.29. The van der Waals surface area contributed by atoms with Crippen molar-refractivity contribution in [2.24, 2.45) is 5.73 Å². The van der Waals surface area contributed by atoms with Crippen LogP contribution in [-0.4, -0.2) is 13.4 Å². The number of nitrogens with two attached hydrogens (primary N) is 1. The first-order valence-corrected chi connectivity index (χ1v) is 8.61. The molecule has 0 saturated heterocycles. The van der Waals surface area contributed by atoms with Gasteiger partial charge in [0, 0.05) is 11.6 Å². The summed E-state index contributed by atoms with van der Waals surface area (Å²) < 4.78 is 26.9. The fraction of sp³-hybridized carbons (Fsp3) is 0.0833. The summed E-state index contributed by atoms with van der Waals surface area (Å²) in [7, 11) is -3.56. The fourth-order valence-corrected chi connectivity index (χ4v) is 3.99. The number of sulfonamides is 1. The molecule has 1 aromatic heterocycles. The van der Waals surface area contributed by atoms with E-state index >= 15 is 0 Å². The Kier molecular flexibility index (Phi) is 4.77. The van der Waals surface area contributed by atoms with Crippen LogP contribution in [0, 0.1) is 0 Å². The number of hydrogen-bond donors (Lipinski definition) is 2. The van der Waals surface area contributed by atoms with Gasteiger partial charge >= 0.3 is 0 Å². The van der Waals surface area contributed by atoms with E-state index in [9.17, 15) is 8.42 Å². The van der Waals surface area contributed by atoms with Crippen molar-refractivity contribution in [2.45, 2.75) is 10.8 Å². The third-order valence-corrected chi connectivity index (χ3v) is 6.08. The van der Waals surface area contributed by atoms with Gasteiger partial charge in [-0.05, 0) is 29.8 Å². The molecule has 106 valence electrons. The van der Waals surface area contributed by atoms with Crippen molar-refractivity contribution >= 4 is 50.2 Å². The van der Waals surface area contributed by atoms with Crippen LogP contribution in [0.25, 0.3) is 0 Å². The van der Waals surface area contributed by atoms with Gasteiger partial charge in [-0.2, -0.15) is 0 Å². The van der Waals surface area contributed by atoms with Crippen LogP contribution in [-0.2, 0) is 16.6 Å². The second-order valence-electron chi connectivity index (χ2n) is 3.93. The molecule has 1 heterocycles. The van der Waals surface area contributed by atoms with E-state index in [1.54, 1.807) is 30.3 Å². The number of nitrogens with one attached hydrogen (secondary N) is 1. The van der Waals surface area contributed by atoms with E-state index in [2.05, 4.69) is 4.72 Å². The molecule has 3 N–H and O–H groups in total. The molecule has 0 radical (unpaired) electrons. The number of thiophene rings is 1. The van der Waals surface area contributed by atoms with Gasteiger partial charge in [-0.25, -0.2) is 13.1 Å². The highest BCUT2D eigenvalue weighted by Gasteiger charge is 2.17. The summed E-state index contributed by atoms with van der Waals surface area (Å²) in [6.07, 6.45) is 0. The van der Waals surface area contributed by atoms with Crippen molar-refractivity contribution in [3.8, 4) is 0 Å². The predicted molar refractivity (Wildman–Crippen MR) is 85.7 cm³/mol. The summed E-state index contributed by atoms with van der Waals surface area (Å²) in [6, 6.07) is 10.0. The first-order valence-electron chi connectivity index (χ1n) is 5.52. The van der Waals surface area contributed by atoms with Gasteiger partial charge in [0.2, 0.25) is 10.0 Å². The summed E-state index contributed by atoms with van der Waals surface area (Å²) in [4.78, 5) is 0.765. The topological polar surface area (TPSA) is 72.2 Å². The van der Waals surface area contributed by atoms with E-state index < -0.39 is 10.0 Å². The minimum absolute atomic E-state index is 0.189. The van der Waals surface area contributed by atoms with E-state index in [0.29, 0.717) is 9.90 Å². The maximum Gasteiger partial charge on any atom is 0.250 e. The third kappa shape index (κ3) is 3.77. The molecule has 1 aromatic carbocycles. The average molecular weight is 347 g/mol. The average Bonchev–Trinajstić information content (AvgIpc) is 2.89. The highest BCUT2D eigenvalue weighted by molar-refractivity contribution is 7.91. The van der Waals surface area contributed by atoms with Crippen molar-refractivity contribution in [2.75, 3.05) is 0 Å². The van der Waals surface area contributed by atoms with Crippen molar-refractivity contribution in [3.05, 3.63) is 51.9 Å². The molecule has 0 aliphatic rings. The molecule has 2 rings (SSSR count). The largest absolute Gasteiger partial charge is 0.389 e. The van der Waals surface area contributed by atoms with Crippen molar-refractivity contribution in [3.63, 3.8) is 0 Å². The minimum atomic E-state index is -3.56. The standard InChI is InChI=1S/C12H11ClN2O2S3/c13-9-3-1-8(2-4-9)7-15-20(16,17)11-6-5-10(19-11)12(14)18/h1-6,15H,7H2,(H2,14,18). The molecule has 0 spiro atoms. The lowest BCUT2D eigenvalue weighted by molar-refractivity contribution is 0.583. The van der Waals surface area contributed by atoms with Crippen LogP contribution in [0.3, 0.4) is 0 Å². The number of rotatable bonds is 5. The zero-order valence-electron chi connectivity index (χ0n) is 10.2. The van der Waals surface area contributed by atoms with E-state index in [0.717, 1.165) is 16.9 Å². The molecule has 0 aliphatic heterocycles. The number of halogens is 1. The van der Waals surface area contributed by atoms with E-state index in [1.807, 2.05) is 0 Å². The highest BCUT2D eigenvalue weighted by Crippen LogP contribution is 2.21. The van der Waals surface area contributed by atoms with Gasteiger partial charge in [0.25, 0.3) is 0 Å². The molecule has 0 saturated carbocycles. The molecule has 0 fully saturated rings. The van der Waals surface area contributed by atoms with E-state index in [4.69, 9.17) is 29.6 Å². The van der Waals surface area contributed by atoms with Gasteiger partial charge in [-0.1, -0.05) is 36.0 Å². The van der Waals surface area contributed by atoms with Crippen LogP contribution in [0.5, 0.6) is 0 Å². The predicted octanol–water partition coefficient (Wildman–Crippen LogP) is 2.51. The summed E-state index contributed by atoms with van der Waals surface area (Å²) >= 11 is 11.6. The van der Waals surface area contributed by atoms with Crippen molar-refractivity contribution in [1.82, 2.24) is 4.72 Å². The smallest absolute Gasteiger partial charge is 0.250 e. The molecule has 4 nitrogen and oxygen atoms in total. The second-order valence-corrected chi connectivity index (χ2v) is 7.89. The zero-order valence-corrected chi connectivity index (χ0v) is 13.4. The Hall–Kier alpha value is -0.990. The Morgan fingerprint density at radius 1 is 1.25 bits per heavy atom. The van der Waals surface area contributed by atoms with Gasteiger partial charge in [0.1, 0.15) is 9.20 Å². The van der Waals surface area contributed by atoms with Gasteiger partial charge in [0.15, 0.2) is 0 Å². The molecule has 0 aliphatic carbocycles. The minimum Gasteiger partial charge on any atom is -0.389 e. The lowest BCUT2D eigenvalue weighted by Crippen LogP contribution is -2.22. The first kappa shape index (κ1) is 15.4. The Balaban J connectivity index is 2.10. The van der Waals surface area contributed by atoms with Crippen LogP contribution in [0.15, 0.2) is 40.6 Å². The van der Waals surface area contributed by atoms with E-state index in [-0.39, 0.29) is 15.7 Å². The third-order valence-electron chi connectivity index (χ3n) is 2.47. The number of hydrogen-bond acceptors (Lipinski definition) is 4. The van der Waals surface area contributed by atoms with Gasteiger partial charge in [-0.3, -0.25) is 0 Å².